The third kappa shape index (κ3) is 6.30. The Balaban J connectivity index is 1.19. The number of hydrogen-bond donors (Lipinski definition) is 2. The number of halogens is 2. The summed E-state index contributed by atoms with van der Waals surface area (Å²) in [6.45, 7) is 7.48. The van der Waals surface area contributed by atoms with Crippen LogP contribution in [0.4, 0.5) is 14.6 Å². The van der Waals surface area contributed by atoms with Gasteiger partial charge in [-0.05, 0) is 86.9 Å². The number of aliphatic hydroxyl groups is 1. The molecule has 246 valence electrons. The summed E-state index contributed by atoms with van der Waals surface area (Å²) < 4.78 is 44.0. The number of aromatic nitrogens is 2. The summed E-state index contributed by atoms with van der Waals surface area (Å²) in [4.78, 5) is 13.8. The molecule has 2 aromatic carbocycles. The molecule has 7 rings (SSSR count). The van der Waals surface area contributed by atoms with Gasteiger partial charge in [0.1, 0.15) is 22.9 Å². The first-order valence-electron chi connectivity index (χ1n) is 16.5. The van der Waals surface area contributed by atoms with Crippen LogP contribution in [-0.2, 0) is 4.74 Å². The Kier molecular flexibility index (Phi) is 8.83. The van der Waals surface area contributed by atoms with Gasteiger partial charge in [-0.25, -0.2) is 8.78 Å². The van der Waals surface area contributed by atoms with Crippen molar-refractivity contribution in [1.29, 1.82) is 5.26 Å². The van der Waals surface area contributed by atoms with E-state index in [1.54, 1.807) is 32.0 Å². The third-order valence-corrected chi connectivity index (χ3v) is 10.1. The molecular formula is C36H40F2N6O3. The number of fused-ring (bicyclic) bond motifs is 5. The van der Waals surface area contributed by atoms with Crippen LogP contribution in [0, 0.1) is 29.9 Å². The molecule has 4 fully saturated rings. The Morgan fingerprint density at radius 2 is 1.89 bits per heavy atom. The molecule has 1 aromatic heterocycles. The zero-order chi connectivity index (χ0) is 32.7. The van der Waals surface area contributed by atoms with Gasteiger partial charge in [-0.15, -0.1) is 0 Å². The zero-order valence-electron chi connectivity index (χ0n) is 26.8. The number of piperazine rings is 1. The topological polar surface area (TPSA) is 107 Å². The van der Waals surface area contributed by atoms with E-state index in [0.29, 0.717) is 71.8 Å². The lowest BCUT2D eigenvalue weighted by Gasteiger charge is -2.34. The van der Waals surface area contributed by atoms with Crippen LogP contribution in [0.2, 0.25) is 0 Å². The summed E-state index contributed by atoms with van der Waals surface area (Å²) in [5.74, 6) is -1.33. The number of allylic oxidation sites excluding steroid dienone is 2. The molecule has 4 atom stereocenters. The third-order valence-electron chi connectivity index (χ3n) is 10.1. The number of nitrogens with one attached hydrogen (secondary N) is 1. The van der Waals surface area contributed by atoms with E-state index in [9.17, 15) is 10.4 Å². The average molecular weight is 643 g/mol. The molecule has 47 heavy (non-hydrogen) atoms. The largest absolute Gasteiger partial charge is 0.508 e. The van der Waals surface area contributed by atoms with Gasteiger partial charge in [0.15, 0.2) is 5.82 Å². The molecule has 2 N–H and O–H groups in total. The molecule has 0 saturated carbocycles. The molecule has 0 radical (unpaired) electrons. The van der Waals surface area contributed by atoms with Crippen LogP contribution in [0.15, 0.2) is 36.1 Å². The minimum atomic E-state index is -0.833. The molecule has 0 aliphatic carbocycles. The minimum absolute atomic E-state index is 0.0210. The van der Waals surface area contributed by atoms with Crippen molar-refractivity contribution in [2.45, 2.75) is 70.1 Å². The van der Waals surface area contributed by atoms with Crippen LogP contribution in [0.1, 0.15) is 61.3 Å². The van der Waals surface area contributed by atoms with Gasteiger partial charge in [0, 0.05) is 49.2 Å². The number of anilines is 1. The second kappa shape index (κ2) is 13.2. The van der Waals surface area contributed by atoms with Crippen molar-refractivity contribution in [3.8, 4) is 12.1 Å². The number of nitriles is 1. The number of nitrogens with zero attached hydrogens (tertiary/aromatic N) is 5. The van der Waals surface area contributed by atoms with E-state index in [1.165, 1.54) is 18.2 Å². The maximum Gasteiger partial charge on any atom is 0.319 e. The van der Waals surface area contributed by atoms with Crippen molar-refractivity contribution >= 4 is 28.4 Å². The van der Waals surface area contributed by atoms with E-state index in [1.807, 2.05) is 0 Å². The van der Waals surface area contributed by atoms with Gasteiger partial charge in [0.05, 0.1) is 37.0 Å². The highest BCUT2D eigenvalue weighted by Crippen LogP contribution is 2.36. The van der Waals surface area contributed by atoms with E-state index >= 15 is 8.78 Å². The fourth-order valence-electron chi connectivity index (χ4n) is 7.71. The minimum Gasteiger partial charge on any atom is -0.508 e. The molecule has 4 bridgehead atoms. The van der Waals surface area contributed by atoms with E-state index in [2.05, 4.69) is 26.2 Å². The highest BCUT2D eigenvalue weighted by atomic mass is 19.1. The van der Waals surface area contributed by atoms with Crippen LogP contribution >= 0.6 is 0 Å². The lowest BCUT2D eigenvalue weighted by atomic mass is 10.0. The van der Waals surface area contributed by atoms with Gasteiger partial charge in [-0.3, -0.25) is 4.90 Å². The normalized spacial score (nSPS) is 24.6. The Morgan fingerprint density at radius 3 is 2.62 bits per heavy atom. The summed E-state index contributed by atoms with van der Waals surface area (Å²) in [5, 5.41) is 24.0. The summed E-state index contributed by atoms with van der Waals surface area (Å²) in [6.07, 6.45) is 7.97. The lowest BCUT2D eigenvalue weighted by Crippen LogP contribution is -2.51. The van der Waals surface area contributed by atoms with Gasteiger partial charge in [0.2, 0.25) is 0 Å². The predicted octanol–water partition coefficient (Wildman–Crippen LogP) is 5.66. The van der Waals surface area contributed by atoms with Crippen LogP contribution in [0.3, 0.4) is 0 Å². The number of hydrogen-bond acceptors (Lipinski definition) is 9. The maximum atomic E-state index is 16.4. The summed E-state index contributed by atoms with van der Waals surface area (Å²) >= 11 is 0. The Hall–Kier alpha value is -4.11. The first-order chi connectivity index (χ1) is 22.8. The van der Waals surface area contributed by atoms with E-state index in [0.717, 1.165) is 51.9 Å². The molecule has 4 aliphatic rings. The van der Waals surface area contributed by atoms with Crippen molar-refractivity contribution in [2.24, 2.45) is 0 Å². The van der Waals surface area contributed by atoms with Crippen LogP contribution in [0.5, 0.6) is 6.01 Å². The van der Waals surface area contributed by atoms with Gasteiger partial charge >= 0.3 is 6.01 Å². The molecule has 4 unspecified atom stereocenters. The van der Waals surface area contributed by atoms with Crippen molar-refractivity contribution in [3.63, 3.8) is 0 Å². The Bertz CT molecular complexity index is 1760. The first-order valence-corrected chi connectivity index (χ1v) is 16.5. The van der Waals surface area contributed by atoms with Crippen LogP contribution in [-0.4, -0.2) is 83.6 Å². The van der Waals surface area contributed by atoms with Gasteiger partial charge in [-0.1, -0.05) is 12.1 Å². The quantitative estimate of drug-likeness (QED) is 0.174. The van der Waals surface area contributed by atoms with Crippen molar-refractivity contribution in [2.75, 3.05) is 44.4 Å². The SMILES string of the molecule is C/C(=C\C(O)=C/c1cccc(C#N)c1C)c1c(F)cc2c(N3CC4CCC(C3)N4)nc(OCCCN3C4CCC3COC4)nc2c1F. The van der Waals surface area contributed by atoms with E-state index < -0.39 is 11.6 Å². The van der Waals surface area contributed by atoms with E-state index in [-0.39, 0.29) is 28.4 Å². The van der Waals surface area contributed by atoms with Gasteiger partial charge < -0.3 is 24.8 Å². The molecule has 0 spiro atoms. The van der Waals surface area contributed by atoms with Crippen molar-refractivity contribution < 1.29 is 23.4 Å². The number of rotatable bonds is 9. The molecule has 4 aliphatic heterocycles. The summed E-state index contributed by atoms with van der Waals surface area (Å²) in [5.41, 5.74) is 1.71. The van der Waals surface area contributed by atoms with Gasteiger partial charge in [-0.2, -0.15) is 15.2 Å². The van der Waals surface area contributed by atoms with E-state index in [4.69, 9.17) is 14.5 Å². The second-order valence-corrected chi connectivity index (χ2v) is 13.2. The van der Waals surface area contributed by atoms with Crippen LogP contribution < -0.4 is 15.0 Å². The summed E-state index contributed by atoms with van der Waals surface area (Å²) in [6, 6.07) is 10.2. The molecule has 4 saturated heterocycles. The standard InChI is InChI=1S/C36H40F2N6O3/c1-21(13-29(45)14-23-5-3-6-24(16-39)22(23)2)32-31(37)15-30-34(33(32)38)41-36(42-35(30)43-17-25-7-8-26(18-43)40-25)47-12-4-11-44-27-9-10-28(44)20-46-19-27/h3,5-6,13-15,25-28,40,45H,4,7-12,17-20H2,1-2H3/b21-13+,29-14+. The number of benzene rings is 2. The predicted molar refractivity (Wildman–Crippen MR) is 176 cm³/mol. The summed E-state index contributed by atoms with van der Waals surface area (Å²) in [7, 11) is 0. The van der Waals surface area contributed by atoms with Crippen LogP contribution in [0.25, 0.3) is 22.6 Å². The highest BCUT2D eigenvalue weighted by Gasteiger charge is 2.37. The number of morpholine rings is 1. The molecule has 11 heteroatoms. The highest BCUT2D eigenvalue weighted by molar-refractivity contribution is 5.93. The number of ether oxygens (including phenoxy) is 2. The number of aliphatic hydroxyl groups excluding tert-OH is 1. The Morgan fingerprint density at radius 1 is 1.15 bits per heavy atom. The average Bonchev–Trinajstić information content (AvgIpc) is 3.50. The molecule has 9 nitrogen and oxygen atoms in total. The van der Waals surface area contributed by atoms with Crippen molar-refractivity contribution in [1.82, 2.24) is 20.2 Å². The van der Waals surface area contributed by atoms with Gasteiger partial charge in [0.25, 0.3) is 0 Å². The Labute approximate surface area is 273 Å². The van der Waals surface area contributed by atoms with Crippen molar-refractivity contribution in [3.05, 3.63) is 70.0 Å². The molecule has 5 heterocycles. The first kappa shape index (κ1) is 31.5. The fraction of sp³-hybridized carbons (Fsp3) is 0.472. The molecular weight excluding hydrogens is 602 g/mol. The maximum absolute atomic E-state index is 16.4. The lowest BCUT2D eigenvalue weighted by molar-refractivity contribution is -0.0161. The zero-order valence-corrected chi connectivity index (χ0v) is 26.8. The fourth-order valence-corrected chi connectivity index (χ4v) is 7.71. The smallest absolute Gasteiger partial charge is 0.319 e. The molecule has 0 amide bonds. The second-order valence-electron chi connectivity index (χ2n) is 13.2. The monoisotopic (exact) mass is 642 g/mol. The molecule has 3 aromatic rings.